The van der Waals surface area contributed by atoms with Gasteiger partial charge in [-0.1, -0.05) is 80.8 Å². The van der Waals surface area contributed by atoms with E-state index in [-0.39, 0.29) is 54.9 Å². The van der Waals surface area contributed by atoms with Crippen molar-refractivity contribution in [1.82, 2.24) is 9.80 Å². The second kappa shape index (κ2) is 32.9. The molecule has 5 aliphatic rings. The quantitative estimate of drug-likeness (QED) is 0.0373. The van der Waals surface area contributed by atoms with E-state index in [1.54, 1.807) is 67.1 Å². The number of esters is 1. The summed E-state index contributed by atoms with van der Waals surface area (Å²) in [6.45, 7) is 11.3. The van der Waals surface area contributed by atoms with Crippen LogP contribution in [-0.4, -0.2) is 180 Å². The van der Waals surface area contributed by atoms with Crippen LogP contribution in [0.25, 0.3) is 0 Å². The normalized spacial score (nSPS) is 34.7. The molecule has 18 atom stereocenters. The number of carbonyl (C=O) groups excluding carboxylic acids is 6. The Balaban J connectivity index is 1.23. The van der Waals surface area contributed by atoms with Gasteiger partial charge >= 0.3 is 28.9 Å². The fourth-order valence-corrected chi connectivity index (χ4v) is 13.7. The first kappa shape index (κ1) is 71.4. The first-order valence-electron chi connectivity index (χ1n) is 30.1. The maximum absolute atomic E-state index is 14.7. The number of benzene rings is 1. The van der Waals surface area contributed by atoms with Crippen molar-refractivity contribution in [2.24, 2.45) is 41.4 Å². The van der Waals surface area contributed by atoms with Gasteiger partial charge in [-0.15, -0.1) is 4.89 Å². The maximum Gasteiger partial charge on any atom is 0.697 e. The molecule has 1 aromatic rings. The average Bonchev–Trinajstić information content (AvgIpc) is 2.39. The zero-order valence-electron chi connectivity index (χ0n) is 52.0. The van der Waals surface area contributed by atoms with E-state index >= 15 is 0 Å². The van der Waals surface area contributed by atoms with Crippen molar-refractivity contribution in [1.29, 1.82) is 0 Å². The van der Waals surface area contributed by atoms with E-state index in [1.807, 2.05) is 49.1 Å². The smallest absolute Gasteiger partial charge is 0.460 e. The van der Waals surface area contributed by atoms with Gasteiger partial charge in [-0.25, -0.2) is 9.59 Å². The van der Waals surface area contributed by atoms with Gasteiger partial charge in [-0.2, -0.15) is 0 Å². The summed E-state index contributed by atoms with van der Waals surface area (Å²) in [6, 6.07) is 5.19. The third kappa shape index (κ3) is 18.7. The van der Waals surface area contributed by atoms with Crippen molar-refractivity contribution in [3.05, 3.63) is 77.4 Å². The first-order chi connectivity index (χ1) is 41.2. The molecule has 1 aromatic carbocycles. The fraction of sp³-hybridized carbons (Fsp3) is 0.677. The third-order valence-electron chi connectivity index (χ3n) is 18.2. The van der Waals surface area contributed by atoms with Gasteiger partial charge in [0.25, 0.3) is 11.7 Å². The molecule has 25 heteroatoms. The molecular formula is C62H92N3O20P2+. The Morgan fingerprint density at radius 3 is 2.24 bits per heavy atom. The minimum atomic E-state index is -3.11. The highest BCUT2D eigenvalue weighted by molar-refractivity contribution is 7.39. The molecule has 3 saturated heterocycles. The predicted octanol–water partition coefficient (Wildman–Crippen LogP) is 7.51. The Labute approximate surface area is 513 Å². The van der Waals surface area contributed by atoms with Crippen LogP contribution in [0.5, 0.6) is 0 Å². The monoisotopic (exact) mass is 1260 g/mol. The number of amides is 2. The van der Waals surface area contributed by atoms with Crippen molar-refractivity contribution in [3.8, 4) is 0 Å². The number of anilines is 1. The van der Waals surface area contributed by atoms with Crippen LogP contribution < -0.4 is 4.90 Å². The number of ketones is 3. The Kier molecular flexibility index (Phi) is 27.0. The Hall–Kier alpha value is -4.71. The largest absolute Gasteiger partial charge is 0.697 e. The number of piperidine rings is 1. The Bertz CT molecular complexity index is 2670. The van der Waals surface area contributed by atoms with Crippen molar-refractivity contribution in [2.45, 2.75) is 173 Å². The molecule has 4 bridgehead atoms. The van der Waals surface area contributed by atoms with Gasteiger partial charge in [0.1, 0.15) is 36.2 Å². The maximum atomic E-state index is 14.7. The number of Topliss-reactive ketones (excluding diaryl/α,β-unsaturated/α-hetero) is 3. The fourth-order valence-electron chi connectivity index (χ4n) is 13.0. The summed E-state index contributed by atoms with van der Waals surface area (Å²) in [5.74, 6) is -9.40. The van der Waals surface area contributed by atoms with Crippen LogP contribution in [-0.2, 0) is 66.0 Å². The summed E-state index contributed by atoms with van der Waals surface area (Å²) in [6.07, 6.45) is 7.18. The number of hydrogen-bond donors (Lipinski definition) is 5. The molecule has 484 valence electrons. The SMILES string of the molecule is CO[C@H]1C[C@@H]2CC[C@@H](C)[C@@](O)(O2)C(=O)C(=O)N2CCC[C@@H]3C(C[C@@H]4CC[C@@H](OC(=O)N(C)CCN(C)c5ccc(C(OP(O)O)O[P+](=O)O)cc5)[C@H](OC)C4)[C@H](CC(=O)[C@H](C)/C=C(\C)[C@@H](O)[C@@H](OC)C(=O)[C@H](C)C[C@H](C)/C=C/C=C/C=C1C)OC(=O)[C@H]32. The summed E-state index contributed by atoms with van der Waals surface area (Å²) in [5.41, 5.74) is 2.16. The number of aliphatic hydroxyl groups is 2. The lowest BCUT2D eigenvalue weighted by Crippen LogP contribution is -2.65. The van der Waals surface area contributed by atoms with Crippen LogP contribution in [0.2, 0.25) is 0 Å². The lowest BCUT2D eigenvalue weighted by atomic mass is 9.68. The molecule has 1 saturated carbocycles. The number of carbonyl (C=O) groups is 6. The molecule has 5 N–H and O–H groups in total. The lowest BCUT2D eigenvalue weighted by Gasteiger charge is -2.50. The van der Waals surface area contributed by atoms with Crippen LogP contribution in [0.1, 0.15) is 124 Å². The number of ether oxygens (including phenoxy) is 6. The van der Waals surface area contributed by atoms with Gasteiger partial charge in [-0.05, 0) is 113 Å². The second-order valence-electron chi connectivity index (χ2n) is 24.3. The van der Waals surface area contributed by atoms with E-state index in [9.17, 15) is 58.2 Å². The minimum Gasteiger partial charge on any atom is -0.460 e. The van der Waals surface area contributed by atoms with Crippen LogP contribution in [0, 0.1) is 41.4 Å². The number of rotatable bonds is 15. The lowest BCUT2D eigenvalue weighted by molar-refractivity contribution is -0.266. The van der Waals surface area contributed by atoms with Gasteiger partial charge in [0.2, 0.25) is 12.1 Å². The molecule has 0 radical (unpaired) electrons. The minimum absolute atomic E-state index is 0.0176. The highest BCUT2D eigenvalue weighted by Crippen LogP contribution is 2.46. The molecule has 2 amide bonds. The van der Waals surface area contributed by atoms with Crippen molar-refractivity contribution in [2.75, 3.05) is 60.0 Å². The zero-order valence-corrected chi connectivity index (χ0v) is 53.8. The topological polar surface area (TPSA) is 304 Å². The zero-order chi connectivity index (χ0) is 64.0. The molecule has 0 spiro atoms. The molecular weight excluding hydrogens is 1170 g/mol. The number of fused-ring (bicyclic) bond motifs is 4. The summed E-state index contributed by atoms with van der Waals surface area (Å²) >= 11 is 0. The van der Waals surface area contributed by atoms with Crippen LogP contribution in [0.15, 0.2) is 71.9 Å². The molecule has 6 rings (SSSR count). The number of nitrogens with zero attached hydrogens (tertiary/aromatic N) is 3. The summed E-state index contributed by atoms with van der Waals surface area (Å²) in [5, 5.41) is 23.8. The third-order valence-corrected chi connectivity index (χ3v) is 19.0. The first-order valence-corrected chi connectivity index (χ1v) is 32.4. The Morgan fingerprint density at radius 1 is 0.874 bits per heavy atom. The van der Waals surface area contributed by atoms with E-state index in [0.717, 1.165) is 5.57 Å². The van der Waals surface area contributed by atoms with Gasteiger partial charge < -0.3 is 63.1 Å². The van der Waals surface area contributed by atoms with Crippen LogP contribution >= 0.6 is 16.9 Å². The van der Waals surface area contributed by atoms with E-state index in [1.165, 1.54) is 36.2 Å². The highest BCUT2D eigenvalue weighted by atomic mass is 31.2. The van der Waals surface area contributed by atoms with Crippen molar-refractivity contribution < 1.29 is 95.7 Å². The van der Waals surface area contributed by atoms with Crippen LogP contribution in [0.3, 0.4) is 0 Å². The number of allylic oxidation sites excluding steroid dienone is 6. The highest BCUT2D eigenvalue weighted by Gasteiger charge is 2.57. The average molecular weight is 1260 g/mol. The van der Waals surface area contributed by atoms with Gasteiger partial charge in [-0.3, -0.25) is 23.7 Å². The number of hydrogen-bond acceptors (Lipinski definition) is 20. The number of methoxy groups -OCH3 is 3. The molecule has 4 heterocycles. The number of aliphatic hydroxyl groups excluding tert-OH is 1. The molecule has 0 aromatic heterocycles. The van der Waals surface area contributed by atoms with Gasteiger partial charge in [0.05, 0.1) is 18.3 Å². The standard InChI is InChI=1S/C62H91N3O20P2/c1-36-16-13-12-14-17-37(2)50(78-9)34-45-25-19-41(6)62(73,83-45)57(69)58(70)65-27-15-18-46-47(51(81-59(71)53(46)65)35-48(66)38(3)31-40(5)55(68)56(80-11)54(67)39(4)30-36)32-42-20-26-49(52(33-42)79-10)82-61(72)64(8)29-28-63(7)44-23-21-43(22-24-44)60(84-86(74)75)85-87(76)77/h12-14,16-17,21-24,31,36,38-39,41-42,45-47,49-53,55-56,60,68,73-75H,15,18-20,25-30,32-35H2,1-11H3/p+1/b14-12+,16-13+,37-17?,40-31+/t36-,38-,39-,41-,42+,45+,46-,47?,49-,50+,51+,52-,53+,55-,56+,60?,62-/m1/s1. The molecule has 4 fully saturated rings. The van der Waals surface area contributed by atoms with Crippen molar-refractivity contribution in [3.63, 3.8) is 0 Å². The van der Waals surface area contributed by atoms with Crippen molar-refractivity contribution >= 4 is 57.9 Å². The Morgan fingerprint density at radius 2 is 1.59 bits per heavy atom. The summed E-state index contributed by atoms with van der Waals surface area (Å²) in [4.78, 5) is 118. The van der Waals surface area contributed by atoms with E-state index in [4.69, 9.17) is 37.5 Å². The molecule has 1 aliphatic carbocycles. The van der Waals surface area contributed by atoms with E-state index in [2.05, 4.69) is 0 Å². The molecule has 4 aliphatic heterocycles. The van der Waals surface area contributed by atoms with Crippen LogP contribution in [0.4, 0.5) is 10.5 Å². The molecule has 23 nitrogen and oxygen atoms in total. The van der Waals surface area contributed by atoms with E-state index < -0.39 is 131 Å². The van der Waals surface area contributed by atoms with Gasteiger partial charge in [0.15, 0.2) is 5.78 Å². The predicted molar refractivity (Wildman–Crippen MR) is 321 cm³/mol. The summed E-state index contributed by atoms with van der Waals surface area (Å²) < 4.78 is 57.1. The summed E-state index contributed by atoms with van der Waals surface area (Å²) in [7, 11) is 1.86. The number of likely N-dealkylation sites (N-methyl/N-ethyl adjacent to an activating group) is 2. The van der Waals surface area contributed by atoms with Gasteiger partial charge in [0, 0.05) is 107 Å². The molecule has 3 unspecified atom stereocenters. The molecule has 87 heavy (non-hydrogen) atoms. The second-order valence-corrected chi connectivity index (χ2v) is 25.7. The van der Waals surface area contributed by atoms with E-state index in [0.29, 0.717) is 75.6 Å².